The standard InChI is InChI=1S/C19H18FNO/c20-18-7-6-15(14-3-1-4-16(14)18)17-5-2-10-21-19(17)13-8-11-22-12-9-13/h2,5-8,10H,1,3-4,9,11-12H2. The fourth-order valence-electron chi connectivity index (χ4n) is 3.54. The minimum Gasteiger partial charge on any atom is -0.377 e. The van der Waals surface area contributed by atoms with Gasteiger partial charge in [0.2, 0.25) is 0 Å². The molecule has 0 radical (unpaired) electrons. The quantitative estimate of drug-likeness (QED) is 0.829. The topological polar surface area (TPSA) is 22.1 Å². The van der Waals surface area contributed by atoms with E-state index in [1.807, 2.05) is 18.3 Å². The van der Waals surface area contributed by atoms with Crippen LogP contribution in [0.25, 0.3) is 16.7 Å². The van der Waals surface area contributed by atoms with Crippen LogP contribution in [-0.2, 0) is 17.6 Å². The maximum Gasteiger partial charge on any atom is 0.126 e. The summed E-state index contributed by atoms with van der Waals surface area (Å²) in [7, 11) is 0. The van der Waals surface area contributed by atoms with Crippen molar-refractivity contribution < 1.29 is 9.13 Å². The molecule has 3 heteroatoms. The zero-order valence-corrected chi connectivity index (χ0v) is 12.4. The molecule has 0 bridgehead atoms. The zero-order valence-electron chi connectivity index (χ0n) is 12.4. The highest BCUT2D eigenvalue weighted by Crippen LogP contribution is 2.37. The Labute approximate surface area is 129 Å². The van der Waals surface area contributed by atoms with Crippen LogP contribution in [-0.4, -0.2) is 18.2 Å². The second-order valence-corrected chi connectivity index (χ2v) is 5.86. The fraction of sp³-hybridized carbons (Fsp3) is 0.316. The van der Waals surface area contributed by atoms with E-state index in [1.165, 1.54) is 11.1 Å². The van der Waals surface area contributed by atoms with Crippen molar-refractivity contribution in [2.75, 3.05) is 13.2 Å². The van der Waals surface area contributed by atoms with E-state index in [4.69, 9.17) is 4.74 Å². The van der Waals surface area contributed by atoms with Crippen molar-refractivity contribution in [1.82, 2.24) is 4.98 Å². The molecule has 2 aliphatic rings. The Bertz CT molecular complexity index is 751. The zero-order chi connectivity index (χ0) is 14.9. The smallest absolute Gasteiger partial charge is 0.126 e. The van der Waals surface area contributed by atoms with E-state index in [9.17, 15) is 4.39 Å². The van der Waals surface area contributed by atoms with E-state index in [0.717, 1.165) is 54.7 Å². The molecular formula is C19H18FNO. The van der Waals surface area contributed by atoms with Crippen LogP contribution in [0.15, 0.2) is 36.5 Å². The van der Waals surface area contributed by atoms with Crippen LogP contribution in [0.2, 0.25) is 0 Å². The second kappa shape index (κ2) is 5.65. The minimum atomic E-state index is -0.0630. The largest absolute Gasteiger partial charge is 0.377 e. The Balaban J connectivity index is 1.88. The first-order chi connectivity index (χ1) is 10.8. The summed E-state index contributed by atoms with van der Waals surface area (Å²) in [6, 6.07) is 7.59. The highest BCUT2D eigenvalue weighted by molar-refractivity contribution is 5.81. The van der Waals surface area contributed by atoms with E-state index in [1.54, 1.807) is 6.07 Å². The molecule has 1 aliphatic heterocycles. The predicted octanol–water partition coefficient (Wildman–Crippen LogP) is 4.18. The van der Waals surface area contributed by atoms with Gasteiger partial charge in [-0.1, -0.05) is 18.2 Å². The Morgan fingerprint density at radius 1 is 1.00 bits per heavy atom. The van der Waals surface area contributed by atoms with Gasteiger partial charge in [-0.15, -0.1) is 0 Å². The molecule has 0 N–H and O–H groups in total. The first-order valence-corrected chi connectivity index (χ1v) is 7.87. The van der Waals surface area contributed by atoms with Crippen LogP contribution < -0.4 is 0 Å². The first-order valence-electron chi connectivity index (χ1n) is 7.87. The third-order valence-corrected chi connectivity index (χ3v) is 4.59. The van der Waals surface area contributed by atoms with Gasteiger partial charge in [-0.05, 0) is 60.1 Å². The number of benzene rings is 1. The van der Waals surface area contributed by atoms with Crippen molar-refractivity contribution >= 4 is 5.57 Å². The lowest BCUT2D eigenvalue weighted by Gasteiger charge is -2.18. The highest BCUT2D eigenvalue weighted by atomic mass is 19.1. The predicted molar refractivity (Wildman–Crippen MR) is 85.1 cm³/mol. The van der Waals surface area contributed by atoms with E-state index >= 15 is 0 Å². The molecule has 1 aromatic carbocycles. The summed E-state index contributed by atoms with van der Waals surface area (Å²) in [6.07, 6.45) is 7.67. The molecule has 0 unspecified atom stereocenters. The van der Waals surface area contributed by atoms with Crippen molar-refractivity contribution in [3.05, 3.63) is 59.2 Å². The molecule has 1 aliphatic carbocycles. The molecule has 4 rings (SSSR count). The number of fused-ring (bicyclic) bond motifs is 1. The molecule has 2 nitrogen and oxygen atoms in total. The summed E-state index contributed by atoms with van der Waals surface area (Å²) in [5.41, 5.74) is 6.58. The number of pyridine rings is 1. The molecule has 0 fully saturated rings. The maximum absolute atomic E-state index is 14.0. The molecule has 2 aromatic rings. The average molecular weight is 295 g/mol. The molecule has 0 atom stereocenters. The van der Waals surface area contributed by atoms with Gasteiger partial charge in [0, 0.05) is 11.8 Å². The van der Waals surface area contributed by atoms with Gasteiger partial charge < -0.3 is 4.74 Å². The molecule has 0 saturated carbocycles. The van der Waals surface area contributed by atoms with Gasteiger partial charge in [0.05, 0.1) is 18.9 Å². The molecule has 2 heterocycles. The SMILES string of the molecule is Fc1ccc(-c2cccnc2C2=CCOCC2)c2c1CCC2. The minimum absolute atomic E-state index is 0.0630. The third kappa shape index (κ3) is 2.26. The van der Waals surface area contributed by atoms with Crippen LogP contribution in [0.4, 0.5) is 4.39 Å². The first kappa shape index (κ1) is 13.6. The Morgan fingerprint density at radius 3 is 2.77 bits per heavy atom. The van der Waals surface area contributed by atoms with Gasteiger partial charge in [0.25, 0.3) is 0 Å². The van der Waals surface area contributed by atoms with E-state index in [0.29, 0.717) is 6.61 Å². The lowest BCUT2D eigenvalue weighted by molar-refractivity contribution is 0.161. The number of hydrogen-bond acceptors (Lipinski definition) is 2. The third-order valence-electron chi connectivity index (χ3n) is 4.59. The van der Waals surface area contributed by atoms with Crippen molar-refractivity contribution in [3.8, 4) is 11.1 Å². The second-order valence-electron chi connectivity index (χ2n) is 5.86. The van der Waals surface area contributed by atoms with Gasteiger partial charge in [-0.2, -0.15) is 0 Å². The number of ether oxygens (including phenoxy) is 1. The van der Waals surface area contributed by atoms with Gasteiger partial charge >= 0.3 is 0 Å². The maximum atomic E-state index is 14.0. The Hall–Kier alpha value is -2.00. The van der Waals surface area contributed by atoms with Gasteiger partial charge in [0.15, 0.2) is 0 Å². The summed E-state index contributed by atoms with van der Waals surface area (Å²) in [6.45, 7) is 1.39. The van der Waals surface area contributed by atoms with Crippen molar-refractivity contribution in [2.24, 2.45) is 0 Å². The van der Waals surface area contributed by atoms with Gasteiger partial charge in [-0.25, -0.2) is 4.39 Å². The van der Waals surface area contributed by atoms with E-state index in [2.05, 4.69) is 17.1 Å². The summed E-state index contributed by atoms with van der Waals surface area (Å²) in [4.78, 5) is 4.61. The van der Waals surface area contributed by atoms with Crippen LogP contribution in [0.5, 0.6) is 0 Å². The molecule has 112 valence electrons. The summed E-state index contributed by atoms with van der Waals surface area (Å²) in [5.74, 6) is -0.0630. The Kier molecular flexibility index (Phi) is 3.51. The van der Waals surface area contributed by atoms with E-state index < -0.39 is 0 Å². The summed E-state index contributed by atoms with van der Waals surface area (Å²) in [5, 5.41) is 0. The number of rotatable bonds is 2. The average Bonchev–Trinajstić information content (AvgIpc) is 3.07. The number of hydrogen-bond donors (Lipinski definition) is 0. The van der Waals surface area contributed by atoms with E-state index in [-0.39, 0.29) is 5.82 Å². The normalized spacial score (nSPS) is 17.2. The molecule has 0 spiro atoms. The van der Waals surface area contributed by atoms with Crippen LogP contribution in [0, 0.1) is 5.82 Å². The number of aromatic nitrogens is 1. The molecule has 0 saturated heterocycles. The number of halogens is 1. The van der Waals surface area contributed by atoms with Crippen molar-refractivity contribution in [1.29, 1.82) is 0 Å². The van der Waals surface area contributed by atoms with Crippen LogP contribution in [0.1, 0.15) is 29.7 Å². The van der Waals surface area contributed by atoms with Crippen LogP contribution >= 0.6 is 0 Å². The van der Waals surface area contributed by atoms with Crippen molar-refractivity contribution in [3.63, 3.8) is 0 Å². The molecular weight excluding hydrogens is 277 g/mol. The summed E-state index contributed by atoms with van der Waals surface area (Å²) >= 11 is 0. The van der Waals surface area contributed by atoms with Crippen molar-refractivity contribution in [2.45, 2.75) is 25.7 Å². The lowest BCUT2D eigenvalue weighted by Crippen LogP contribution is -2.06. The summed E-state index contributed by atoms with van der Waals surface area (Å²) < 4.78 is 19.4. The molecule has 1 aromatic heterocycles. The van der Waals surface area contributed by atoms with Gasteiger partial charge in [0.1, 0.15) is 5.82 Å². The Morgan fingerprint density at radius 2 is 1.91 bits per heavy atom. The highest BCUT2D eigenvalue weighted by Gasteiger charge is 2.22. The molecule has 0 amide bonds. The number of nitrogens with zero attached hydrogens (tertiary/aromatic N) is 1. The lowest BCUT2D eigenvalue weighted by atomic mass is 9.92. The molecule has 22 heavy (non-hydrogen) atoms. The monoisotopic (exact) mass is 295 g/mol. The van der Waals surface area contributed by atoms with Gasteiger partial charge in [-0.3, -0.25) is 4.98 Å². The van der Waals surface area contributed by atoms with Crippen LogP contribution in [0.3, 0.4) is 0 Å². The fourth-order valence-corrected chi connectivity index (χ4v) is 3.54.